The monoisotopic (exact) mass is 267 g/mol. The van der Waals surface area contributed by atoms with E-state index in [0.717, 1.165) is 5.75 Å². The van der Waals surface area contributed by atoms with Crippen LogP contribution in [0.1, 0.15) is 26.3 Å². The van der Waals surface area contributed by atoms with Crippen molar-refractivity contribution in [3.05, 3.63) is 35.9 Å². The lowest BCUT2D eigenvalue weighted by molar-refractivity contribution is -0.133. The number of carbonyl (C=O) groups excluding carboxylic acids is 1. The lowest BCUT2D eigenvalue weighted by Crippen LogP contribution is -2.35. The second-order valence-corrected chi connectivity index (χ2v) is 5.49. The molecule has 3 nitrogen and oxygen atoms in total. The van der Waals surface area contributed by atoms with Gasteiger partial charge < -0.3 is 0 Å². The number of benzene rings is 1. The van der Waals surface area contributed by atoms with Crippen molar-refractivity contribution in [2.75, 3.05) is 6.61 Å². The zero-order valence-corrected chi connectivity index (χ0v) is 12.0. The molecule has 0 saturated heterocycles. The van der Waals surface area contributed by atoms with Gasteiger partial charge in [0.05, 0.1) is 11.9 Å². The lowest BCUT2D eigenvalue weighted by atomic mass is 10.1. The Morgan fingerprint density at radius 1 is 1.33 bits per heavy atom. The van der Waals surface area contributed by atoms with Gasteiger partial charge in [-0.3, -0.25) is 9.63 Å². The standard InChI is InChI=1S/C14H21NO2S/c1-4-17-15-14(16)13(11(2)3)18-10-12-8-6-5-7-9-12/h5-9,11,13H,4,10H2,1-3H3,(H,15,16). The molecule has 0 aromatic heterocycles. The second-order valence-electron chi connectivity index (χ2n) is 4.36. The molecule has 0 aliphatic heterocycles. The Balaban J connectivity index is 2.50. The summed E-state index contributed by atoms with van der Waals surface area (Å²) in [6.45, 7) is 6.43. The number of thioether (sulfide) groups is 1. The summed E-state index contributed by atoms with van der Waals surface area (Å²) in [6.07, 6.45) is 0. The third-order valence-corrected chi connectivity index (χ3v) is 4.07. The van der Waals surface area contributed by atoms with E-state index in [1.165, 1.54) is 5.56 Å². The van der Waals surface area contributed by atoms with E-state index in [-0.39, 0.29) is 17.1 Å². The van der Waals surface area contributed by atoms with Crippen LogP contribution in [0, 0.1) is 5.92 Å². The Kier molecular flexibility index (Phi) is 6.83. The Morgan fingerprint density at radius 2 is 2.00 bits per heavy atom. The molecule has 0 radical (unpaired) electrons. The highest BCUT2D eigenvalue weighted by Crippen LogP contribution is 2.23. The quantitative estimate of drug-likeness (QED) is 0.772. The van der Waals surface area contributed by atoms with Gasteiger partial charge in [-0.15, -0.1) is 11.8 Å². The average molecular weight is 267 g/mol. The van der Waals surface area contributed by atoms with Crippen LogP contribution in [0.15, 0.2) is 30.3 Å². The maximum atomic E-state index is 11.9. The molecule has 0 aliphatic rings. The molecule has 1 amide bonds. The molecule has 4 heteroatoms. The highest BCUT2D eigenvalue weighted by atomic mass is 32.2. The molecule has 0 heterocycles. The molecule has 100 valence electrons. The van der Waals surface area contributed by atoms with Crippen LogP contribution >= 0.6 is 11.8 Å². The van der Waals surface area contributed by atoms with Gasteiger partial charge in [-0.2, -0.15) is 0 Å². The number of nitrogens with one attached hydrogen (secondary N) is 1. The highest BCUT2D eigenvalue weighted by molar-refractivity contribution is 7.99. The molecule has 0 fully saturated rings. The van der Waals surface area contributed by atoms with Crippen molar-refractivity contribution in [2.45, 2.75) is 31.8 Å². The molecule has 0 bridgehead atoms. The first-order valence-electron chi connectivity index (χ1n) is 6.22. The van der Waals surface area contributed by atoms with E-state index in [9.17, 15) is 4.79 Å². The Labute approximate surface area is 113 Å². The Morgan fingerprint density at radius 3 is 2.56 bits per heavy atom. The maximum Gasteiger partial charge on any atom is 0.256 e. The first kappa shape index (κ1) is 15.1. The van der Waals surface area contributed by atoms with Gasteiger partial charge in [-0.1, -0.05) is 44.2 Å². The molecule has 18 heavy (non-hydrogen) atoms. The summed E-state index contributed by atoms with van der Waals surface area (Å²) < 4.78 is 0. The summed E-state index contributed by atoms with van der Waals surface area (Å²) >= 11 is 1.65. The largest absolute Gasteiger partial charge is 0.274 e. The summed E-state index contributed by atoms with van der Waals surface area (Å²) in [5.41, 5.74) is 3.72. The molecule has 1 unspecified atom stereocenters. The third-order valence-electron chi connectivity index (χ3n) is 2.45. The van der Waals surface area contributed by atoms with E-state index in [0.29, 0.717) is 6.61 Å². The van der Waals surface area contributed by atoms with Gasteiger partial charge in [-0.05, 0) is 18.4 Å². The predicted octanol–water partition coefficient (Wildman–Crippen LogP) is 3.01. The summed E-state index contributed by atoms with van der Waals surface area (Å²) in [7, 11) is 0. The molecular weight excluding hydrogens is 246 g/mol. The van der Waals surface area contributed by atoms with Gasteiger partial charge >= 0.3 is 0 Å². The van der Waals surface area contributed by atoms with Crippen molar-refractivity contribution in [3.8, 4) is 0 Å². The van der Waals surface area contributed by atoms with Crippen LogP contribution in [0.4, 0.5) is 0 Å². The molecule has 1 N–H and O–H groups in total. The van der Waals surface area contributed by atoms with E-state index in [1.807, 2.05) is 39.0 Å². The predicted molar refractivity (Wildman–Crippen MR) is 76.1 cm³/mol. The van der Waals surface area contributed by atoms with E-state index >= 15 is 0 Å². The van der Waals surface area contributed by atoms with Crippen molar-refractivity contribution in [3.63, 3.8) is 0 Å². The molecule has 1 rings (SSSR count). The van der Waals surface area contributed by atoms with E-state index in [1.54, 1.807) is 11.8 Å². The van der Waals surface area contributed by atoms with Crippen LogP contribution in [-0.2, 0) is 15.4 Å². The van der Waals surface area contributed by atoms with Gasteiger partial charge in [0.2, 0.25) is 0 Å². The van der Waals surface area contributed by atoms with E-state index < -0.39 is 0 Å². The fourth-order valence-electron chi connectivity index (χ4n) is 1.53. The van der Waals surface area contributed by atoms with Gasteiger partial charge in [0.1, 0.15) is 0 Å². The van der Waals surface area contributed by atoms with Gasteiger partial charge in [0.15, 0.2) is 0 Å². The number of carbonyl (C=O) groups is 1. The number of rotatable bonds is 7. The van der Waals surface area contributed by atoms with Crippen LogP contribution in [0.2, 0.25) is 0 Å². The lowest BCUT2D eigenvalue weighted by Gasteiger charge is -2.19. The van der Waals surface area contributed by atoms with Crippen LogP contribution in [0.5, 0.6) is 0 Å². The minimum Gasteiger partial charge on any atom is -0.274 e. The summed E-state index contributed by atoms with van der Waals surface area (Å²) in [6, 6.07) is 10.2. The van der Waals surface area contributed by atoms with E-state index in [4.69, 9.17) is 4.84 Å². The number of hydroxylamine groups is 1. The maximum absolute atomic E-state index is 11.9. The van der Waals surface area contributed by atoms with Crippen LogP contribution in [-0.4, -0.2) is 17.8 Å². The Hall–Kier alpha value is -1.00. The third kappa shape index (κ3) is 5.10. The first-order valence-corrected chi connectivity index (χ1v) is 7.27. The van der Waals surface area contributed by atoms with Crippen LogP contribution < -0.4 is 5.48 Å². The number of hydrogen-bond donors (Lipinski definition) is 1. The van der Waals surface area contributed by atoms with Crippen molar-refractivity contribution in [2.24, 2.45) is 5.92 Å². The van der Waals surface area contributed by atoms with Gasteiger partial charge in [-0.25, -0.2) is 5.48 Å². The Bertz CT molecular complexity index is 354. The SMILES string of the molecule is CCONC(=O)C(SCc1ccccc1)C(C)C. The topological polar surface area (TPSA) is 38.3 Å². The van der Waals surface area contributed by atoms with Gasteiger partial charge in [0, 0.05) is 5.75 Å². The zero-order chi connectivity index (χ0) is 13.4. The molecular formula is C14H21NO2S. The van der Waals surface area contributed by atoms with Crippen molar-refractivity contribution in [1.82, 2.24) is 5.48 Å². The van der Waals surface area contributed by atoms with Crippen molar-refractivity contribution < 1.29 is 9.63 Å². The van der Waals surface area contributed by atoms with E-state index in [2.05, 4.69) is 17.6 Å². The normalized spacial score (nSPS) is 12.4. The zero-order valence-electron chi connectivity index (χ0n) is 11.2. The molecule has 0 saturated carbocycles. The van der Waals surface area contributed by atoms with Crippen LogP contribution in [0.25, 0.3) is 0 Å². The minimum absolute atomic E-state index is 0.0484. The molecule has 0 aliphatic carbocycles. The van der Waals surface area contributed by atoms with Crippen molar-refractivity contribution in [1.29, 1.82) is 0 Å². The summed E-state index contributed by atoms with van der Waals surface area (Å²) in [4.78, 5) is 16.9. The summed E-state index contributed by atoms with van der Waals surface area (Å²) in [5, 5.41) is -0.0863. The number of amides is 1. The second kappa shape index (κ2) is 8.16. The molecule has 0 spiro atoms. The molecule has 1 atom stereocenters. The summed E-state index contributed by atoms with van der Waals surface area (Å²) in [5.74, 6) is 1.07. The van der Waals surface area contributed by atoms with Crippen LogP contribution in [0.3, 0.4) is 0 Å². The van der Waals surface area contributed by atoms with Crippen molar-refractivity contribution >= 4 is 17.7 Å². The highest BCUT2D eigenvalue weighted by Gasteiger charge is 2.22. The number of hydrogen-bond acceptors (Lipinski definition) is 3. The minimum atomic E-state index is -0.0863. The average Bonchev–Trinajstić information content (AvgIpc) is 2.37. The fraction of sp³-hybridized carbons (Fsp3) is 0.500. The smallest absolute Gasteiger partial charge is 0.256 e. The van der Waals surface area contributed by atoms with Gasteiger partial charge in [0.25, 0.3) is 5.91 Å². The molecule has 1 aromatic carbocycles. The fourth-order valence-corrected chi connectivity index (χ4v) is 2.68. The first-order chi connectivity index (χ1) is 8.65. The molecule has 1 aromatic rings.